The summed E-state index contributed by atoms with van der Waals surface area (Å²) in [5.41, 5.74) is 2.94. The Kier molecular flexibility index (Phi) is 4.99. The molecule has 0 radical (unpaired) electrons. The maximum Gasteiger partial charge on any atom is 0.228 e. The number of carbonyl (C=O) groups excluding carboxylic acids is 2. The Labute approximate surface area is 126 Å². The molecular formula is C17H24N2O2. The van der Waals surface area contributed by atoms with Crippen molar-refractivity contribution in [3.05, 3.63) is 29.3 Å². The Morgan fingerprint density at radius 3 is 2.81 bits per heavy atom. The molecule has 0 bridgehead atoms. The molecule has 4 nitrogen and oxygen atoms in total. The van der Waals surface area contributed by atoms with Gasteiger partial charge in [-0.15, -0.1) is 0 Å². The number of nitrogens with one attached hydrogen (secondary N) is 2. The third-order valence-corrected chi connectivity index (χ3v) is 4.00. The van der Waals surface area contributed by atoms with Gasteiger partial charge in [0, 0.05) is 18.2 Å². The van der Waals surface area contributed by atoms with Gasteiger partial charge in [0.25, 0.3) is 0 Å². The van der Waals surface area contributed by atoms with E-state index in [1.54, 1.807) is 0 Å². The molecular weight excluding hydrogens is 264 g/mol. The van der Waals surface area contributed by atoms with E-state index in [2.05, 4.69) is 31.4 Å². The van der Waals surface area contributed by atoms with Crippen molar-refractivity contribution in [2.24, 2.45) is 11.8 Å². The van der Waals surface area contributed by atoms with Gasteiger partial charge in [0.05, 0.1) is 6.42 Å². The molecule has 0 spiro atoms. The lowest BCUT2D eigenvalue weighted by Crippen LogP contribution is -2.33. The van der Waals surface area contributed by atoms with Crippen LogP contribution in [-0.2, 0) is 22.6 Å². The number of benzene rings is 1. The van der Waals surface area contributed by atoms with Gasteiger partial charge < -0.3 is 10.6 Å². The van der Waals surface area contributed by atoms with Gasteiger partial charge in [-0.3, -0.25) is 9.59 Å². The van der Waals surface area contributed by atoms with E-state index in [0.29, 0.717) is 18.9 Å². The summed E-state index contributed by atoms with van der Waals surface area (Å²) in [4.78, 5) is 23.6. The van der Waals surface area contributed by atoms with Gasteiger partial charge in [0.1, 0.15) is 0 Å². The summed E-state index contributed by atoms with van der Waals surface area (Å²) in [5, 5.41) is 5.84. The van der Waals surface area contributed by atoms with Crippen LogP contribution in [0.2, 0.25) is 0 Å². The van der Waals surface area contributed by atoms with Crippen molar-refractivity contribution in [1.82, 2.24) is 5.32 Å². The average Bonchev–Trinajstić information content (AvgIpc) is 2.81. The summed E-state index contributed by atoms with van der Waals surface area (Å²) < 4.78 is 0. The van der Waals surface area contributed by atoms with Crippen molar-refractivity contribution in [1.29, 1.82) is 0 Å². The molecule has 1 unspecified atom stereocenters. The normalized spacial score (nSPS) is 14.8. The Bertz CT molecular complexity index is 538. The van der Waals surface area contributed by atoms with E-state index in [-0.39, 0.29) is 17.7 Å². The molecule has 0 aliphatic carbocycles. The van der Waals surface area contributed by atoms with Crippen LogP contribution in [0.25, 0.3) is 0 Å². The van der Waals surface area contributed by atoms with Gasteiger partial charge >= 0.3 is 0 Å². The van der Waals surface area contributed by atoms with Gasteiger partial charge in [-0.25, -0.2) is 0 Å². The number of amides is 2. The SMILES string of the molecule is CCCC(C(=O)NCc1ccc2c(c1)CC(=O)N2)C(C)C. The summed E-state index contributed by atoms with van der Waals surface area (Å²) in [6, 6.07) is 5.86. The lowest BCUT2D eigenvalue weighted by molar-refractivity contribution is -0.126. The predicted molar refractivity (Wildman–Crippen MR) is 83.9 cm³/mol. The maximum atomic E-state index is 12.3. The smallest absolute Gasteiger partial charge is 0.228 e. The Morgan fingerprint density at radius 2 is 2.14 bits per heavy atom. The molecule has 2 amide bonds. The number of hydrogen-bond acceptors (Lipinski definition) is 2. The molecule has 1 aliphatic rings. The van der Waals surface area contributed by atoms with Crippen LogP contribution < -0.4 is 10.6 Å². The van der Waals surface area contributed by atoms with Gasteiger partial charge in [-0.05, 0) is 29.5 Å². The topological polar surface area (TPSA) is 58.2 Å². The van der Waals surface area contributed by atoms with Gasteiger partial charge in [-0.1, -0.05) is 39.3 Å². The molecule has 21 heavy (non-hydrogen) atoms. The second-order valence-corrected chi connectivity index (χ2v) is 6.07. The van der Waals surface area contributed by atoms with Crippen LogP contribution in [0.5, 0.6) is 0 Å². The lowest BCUT2D eigenvalue weighted by Gasteiger charge is -2.19. The van der Waals surface area contributed by atoms with Crippen molar-refractivity contribution in [2.75, 3.05) is 5.32 Å². The van der Waals surface area contributed by atoms with E-state index < -0.39 is 0 Å². The summed E-state index contributed by atoms with van der Waals surface area (Å²) in [6.07, 6.45) is 2.37. The fourth-order valence-corrected chi connectivity index (χ4v) is 2.79. The molecule has 1 aromatic carbocycles. The lowest BCUT2D eigenvalue weighted by atomic mass is 9.90. The molecule has 0 saturated heterocycles. The first-order valence-corrected chi connectivity index (χ1v) is 7.70. The first kappa shape index (κ1) is 15.5. The fraction of sp³-hybridized carbons (Fsp3) is 0.529. The fourth-order valence-electron chi connectivity index (χ4n) is 2.79. The summed E-state index contributed by atoms with van der Waals surface area (Å²) in [5.74, 6) is 0.593. The van der Waals surface area contributed by atoms with Gasteiger partial charge in [-0.2, -0.15) is 0 Å². The quantitative estimate of drug-likeness (QED) is 0.845. The zero-order valence-electron chi connectivity index (χ0n) is 13.0. The molecule has 4 heteroatoms. The first-order valence-electron chi connectivity index (χ1n) is 7.70. The Hall–Kier alpha value is -1.84. The maximum absolute atomic E-state index is 12.3. The third kappa shape index (κ3) is 3.84. The van der Waals surface area contributed by atoms with Crippen molar-refractivity contribution < 1.29 is 9.59 Å². The average molecular weight is 288 g/mol. The van der Waals surface area contributed by atoms with Crippen LogP contribution in [0.15, 0.2) is 18.2 Å². The molecule has 0 saturated carbocycles. The van der Waals surface area contributed by atoms with E-state index in [1.807, 2.05) is 18.2 Å². The van der Waals surface area contributed by atoms with E-state index in [9.17, 15) is 9.59 Å². The van der Waals surface area contributed by atoms with Crippen LogP contribution >= 0.6 is 0 Å². The van der Waals surface area contributed by atoms with Crippen LogP contribution in [0.4, 0.5) is 5.69 Å². The molecule has 1 heterocycles. The second kappa shape index (κ2) is 6.74. The van der Waals surface area contributed by atoms with Gasteiger partial charge in [0.15, 0.2) is 0 Å². The highest BCUT2D eigenvalue weighted by molar-refractivity contribution is 5.99. The number of anilines is 1. The van der Waals surface area contributed by atoms with E-state index in [0.717, 1.165) is 29.7 Å². The van der Waals surface area contributed by atoms with Crippen LogP contribution in [0, 0.1) is 11.8 Å². The molecule has 114 valence electrons. The second-order valence-electron chi connectivity index (χ2n) is 6.07. The van der Waals surface area contributed by atoms with Crippen molar-refractivity contribution in [2.45, 2.75) is 46.6 Å². The molecule has 0 aromatic heterocycles. The number of carbonyl (C=O) groups is 2. The molecule has 1 atom stereocenters. The standard InChI is InChI=1S/C17H24N2O2/c1-4-5-14(11(2)3)17(21)18-10-12-6-7-15-13(8-12)9-16(20)19-15/h6-8,11,14H,4-5,9-10H2,1-3H3,(H,18,21)(H,19,20). The van der Waals surface area contributed by atoms with Crippen molar-refractivity contribution >= 4 is 17.5 Å². The Balaban J connectivity index is 1.95. The van der Waals surface area contributed by atoms with Crippen LogP contribution in [0.3, 0.4) is 0 Å². The highest BCUT2D eigenvalue weighted by Crippen LogP contribution is 2.24. The van der Waals surface area contributed by atoms with Crippen LogP contribution in [-0.4, -0.2) is 11.8 Å². The molecule has 1 aromatic rings. The van der Waals surface area contributed by atoms with E-state index >= 15 is 0 Å². The van der Waals surface area contributed by atoms with Crippen molar-refractivity contribution in [3.63, 3.8) is 0 Å². The number of fused-ring (bicyclic) bond motifs is 1. The highest BCUT2D eigenvalue weighted by Gasteiger charge is 2.21. The zero-order valence-corrected chi connectivity index (χ0v) is 13.0. The van der Waals surface area contributed by atoms with E-state index in [1.165, 1.54) is 0 Å². The predicted octanol–water partition coefficient (Wildman–Crippen LogP) is 2.87. The first-order chi connectivity index (χ1) is 10.0. The minimum Gasteiger partial charge on any atom is -0.352 e. The Morgan fingerprint density at radius 1 is 1.38 bits per heavy atom. The summed E-state index contributed by atoms with van der Waals surface area (Å²) in [6.45, 7) is 6.81. The number of hydrogen-bond donors (Lipinski definition) is 2. The summed E-state index contributed by atoms with van der Waals surface area (Å²) >= 11 is 0. The third-order valence-electron chi connectivity index (χ3n) is 4.00. The van der Waals surface area contributed by atoms with E-state index in [4.69, 9.17) is 0 Å². The summed E-state index contributed by atoms with van der Waals surface area (Å²) in [7, 11) is 0. The molecule has 2 rings (SSSR count). The minimum atomic E-state index is 0.0361. The number of rotatable bonds is 6. The zero-order chi connectivity index (χ0) is 15.4. The largest absolute Gasteiger partial charge is 0.352 e. The monoisotopic (exact) mass is 288 g/mol. The molecule has 0 fully saturated rings. The van der Waals surface area contributed by atoms with Crippen LogP contribution in [0.1, 0.15) is 44.7 Å². The molecule has 2 N–H and O–H groups in total. The minimum absolute atomic E-state index is 0.0361. The van der Waals surface area contributed by atoms with Gasteiger partial charge in [0.2, 0.25) is 11.8 Å². The van der Waals surface area contributed by atoms with Crippen molar-refractivity contribution in [3.8, 4) is 0 Å². The highest BCUT2D eigenvalue weighted by atomic mass is 16.2. The molecule has 1 aliphatic heterocycles.